The SMILES string of the molecule is CCOC(=O)C1=C(COC)OC(N)=C(C#N)[C@H]1c1cc(Br)ccc1OC. The highest BCUT2D eigenvalue weighted by Gasteiger charge is 2.39. The molecule has 1 heterocycles. The highest BCUT2D eigenvalue weighted by atomic mass is 79.9. The van der Waals surface area contributed by atoms with Gasteiger partial charge in [0.1, 0.15) is 29.8 Å². The van der Waals surface area contributed by atoms with Gasteiger partial charge < -0.3 is 24.7 Å². The lowest BCUT2D eigenvalue weighted by molar-refractivity contribution is -0.139. The average molecular weight is 423 g/mol. The number of rotatable bonds is 6. The molecule has 0 amide bonds. The van der Waals surface area contributed by atoms with Crippen LogP contribution < -0.4 is 10.5 Å². The van der Waals surface area contributed by atoms with Crippen molar-refractivity contribution in [2.45, 2.75) is 12.8 Å². The van der Waals surface area contributed by atoms with Gasteiger partial charge in [0.2, 0.25) is 5.88 Å². The predicted octanol–water partition coefficient (Wildman–Crippen LogP) is 2.73. The van der Waals surface area contributed by atoms with Crippen LogP contribution in [-0.2, 0) is 19.0 Å². The Hall–Kier alpha value is -2.50. The Morgan fingerprint density at radius 1 is 1.42 bits per heavy atom. The third-order valence-electron chi connectivity index (χ3n) is 3.77. The van der Waals surface area contributed by atoms with E-state index in [0.29, 0.717) is 11.3 Å². The van der Waals surface area contributed by atoms with E-state index in [4.69, 9.17) is 24.7 Å². The molecule has 1 aromatic carbocycles. The lowest BCUT2D eigenvalue weighted by atomic mass is 9.82. The minimum absolute atomic E-state index is 0.000372. The summed E-state index contributed by atoms with van der Waals surface area (Å²) in [6.07, 6.45) is 0. The molecule has 2 rings (SSSR count). The van der Waals surface area contributed by atoms with Crippen LogP contribution in [0.1, 0.15) is 18.4 Å². The standard InChI is InChI=1S/C18H19BrN2O5/c1-4-25-18(22)16-14(9-23-2)26-17(21)12(8-20)15(16)11-7-10(19)5-6-13(11)24-3/h5-7,15H,4,9,21H2,1-3H3/t15-/m1/s1. The van der Waals surface area contributed by atoms with Crippen LogP contribution in [-0.4, -0.2) is 33.4 Å². The molecule has 0 fully saturated rings. The van der Waals surface area contributed by atoms with Crippen LogP contribution in [0, 0.1) is 11.3 Å². The van der Waals surface area contributed by atoms with Crippen molar-refractivity contribution in [2.24, 2.45) is 5.73 Å². The van der Waals surface area contributed by atoms with E-state index < -0.39 is 11.9 Å². The maximum absolute atomic E-state index is 12.7. The Morgan fingerprint density at radius 2 is 2.15 bits per heavy atom. The summed E-state index contributed by atoms with van der Waals surface area (Å²) in [7, 11) is 2.97. The molecule has 0 radical (unpaired) electrons. The minimum Gasteiger partial charge on any atom is -0.496 e. The predicted molar refractivity (Wildman–Crippen MR) is 96.9 cm³/mol. The van der Waals surface area contributed by atoms with Gasteiger partial charge in [0.05, 0.1) is 25.2 Å². The van der Waals surface area contributed by atoms with Crippen molar-refractivity contribution in [3.05, 3.63) is 51.0 Å². The number of halogens is 1. The van der Waals surface area contributed by atoms with Crippen LogP contribution in [0.3, 0.4) is 0 Å². The molecular weight excluding hydrogens is 404 g/mol. The number of hydrogen-bond acceptors (Lipinski definition) is 7. The number of allylic oxidation sites excluding steroid dienone is 1. The van der Waals surface area contributed by atoms with Crippen molar-refractivity contribution >= 4 is 21.9 Å². The normalized spacial score (nSPS) is 16.8. The number of esters is 1. The van der Waals surface area contributed by atoms with Crippen LogP contribution >= 0.6 is 15.9 Å². The van der Waals surface area contributed by atoms with E-state index in [2.05, 4.69) is 15.9 Å². The van der Waals surface area contributed by atoms with E-state index in [1.165, 1.54) is 14.2 Å². The fraction of sp³-hybridized carbons (Fsp3) is 0.333. The third-order valence-corrected chi connectivity index (χ3v) is 4.26. The molecule has 0 saturated carbocycles. The number of nitrogens with two attached hydrogens (primary N) is 1. The first-order chi connectivity index (χ1) is 12.5. The number of hydrogen-bond donors (Lipinski definition) is 1. The van der Waals surface area contributed by atoms with Gasteiger partial charge in [-0.3, -0.25) is 0 Å². The highest BCUT2D eigenvalue weighted by molar-refractivity contribution is 9.10. The van der Waals surface area contributed by atoms with E-state index in [9.17, 15) is 10.1 Å². The Morgan fingerprint density at radius 3 is 2.73 bits per heavy atom. The number of nitrogens with zero attached hydrogens (tertiary/aromatic N) is 1. The van der Waals surface area contributed by atoms with Crippen LogP contribution in [0.15, 0.2) is 45.5 Å². The Kier molecular flexibility index (Phi) is 6.66. The summed E-state index contributed by atoms with van der Waals surface area (Å²) in [6, 6.07) is 7.34. The molecule has 0 aromatic heterocycles. The summed E-state index contributed by atoms with van der Waals surface area (Å²) in [5.41, 5.74) is 6.79. The topological polar surface area (TPSA) is 104 Å². The zero-order chi connectivity index (χ0) is 19.3. The first kappa shape index (κ1) is 19.8. The summed E-state index contributed by atoms with van der Waals surface area (Å²) in [6.45, 7) is 1.87. The average Bonchev–Trinajstić information content (AvgIpc) is 2.61. The molecule has 8 heteroatoms. The number of benzene rings is 1. The zero-order valence-electron chi connectivity index (χ0n) is 14.7. The van der Waals surface area contributed by atoms with Crippen LogP contribution in [0.4, 0.5) is 0 Å². The van der Waals surface area contributed by atoms with Crippen LogP contribution in [0.25, 0.3) is 0 Å². The third kappa shape index (κ3) is 3.84. The first-order valence-electron chi connectivity index (χ1n) is 7.78. The van der Waals surface area contributed by atoms with Gasteiger partial charge in [-0.1, -0.05) is 15.9 Å². The summed E-state index contributed by atoms with van der Waals surface area (Å²) in [4.78, 5) is 12.7. The number of carbonyl (C=O) groups excluding carboxylic acids is 1. The van der Waals surface area contributed by atoms with E-state index in [0.717, 1.165) is 4.47 Å². The minimum atomic E-state index is -0.801. The highest BCUT2D eigenvalue weighted by Crippen LogP contribution is 2.43. The summed E-state index contributed by atoms with van der Waals surface area (Å²) in [5, 5.41) is 9.65. The van der Waals surface area contributed by atoms with Crippen molar-refractivity contribution in [1.82, 2.24) is 0 Å². The molecule has 0 saturated heterocycles. The van der Waals surface area contributed by atoms with E-state index in [-0.39, 0.29) is 36.0 Å². The molecule has 0 unspecified atom stereocenters. The Balaban J connectivity index is 2.76. The van der Waals surface area contributed by atoms with Crippen molar-refractivity contribution < 1.29 is 23.7 Å². The van der Waals surface area contributed by atoms with Gasteiger partial charge >= 0.3 is 5.97 Å². The molecule has 1 aliphatic rings. The lowest BCUT2D eigenvalue weighted by Crippen LogP contribution is -2.28. The van der Waals surface area contributed by atoms with Crippen molar-refractivity contribution in [3.63, 3.8) is 0 Å². The number of nitriles is 1. The molecule has 138 valence electrons. The molecule has 2 N–H and O–H groups in total. The lowest BCUT2D eigenvalue weighted by Gasteiger charge is -2.28. The molecule has 1 atom stereocenters. The van der Waals surface area contributed by atoms with Crippen LogP contribution in [0.2, 0.25) is 0 Å². The Labute approximate surface area is 160 Å². The van der Waals surface area contributed by atoms with Crippen LogP contribution in [0.5, 0.6) is 5.75 Å². The summed E-state index contributed by atoms with van der Waals surface area (Å²) >= 11 is 3.41. The maximum atomic E-state index is 12.7. The molecule has 26 heavy (non-hydrogen) atoms. The molecule has 1 aliphatic heterocycles. The van der Waals surface area contributed by atoms with E-state index in [1.807, 2.05) is 6.07 Å². The molecule has 7 nitrogen and oxygen atoms in total. The van der Waals surface area contributed by atoms with Crippen molar-refractivity contribution in [2.75, 3.05) is 27.4 Å². The van der Waals surface area contributed by atoms with E-state index in [1.54, 1.807) is 25.1 Å². The monoisotopic (exact) mass is 422 g/mol. The van der Waals surface area contributed by atoms with Crippen molar-refractivity contribution in [1.29, 1.82) is 5.26 Å². The molecular formula is C18H19BrN2O5. The molecule has 0 aliphatic carbocycles. The van der Waals surface area contributed by atoms with Gasteiger partial charge in [0.15, 0.2) is 0 Å². The molecule has 1 aromatic rings. The zero-order valence-corrected chi connectivity index (χ0v) is 16.3. The van der Waals surface area contributed by atoms with Gasteiger partial charge in [0, 0.05) is 17.1 Å². The maximum Gasteiger partial charge on any atom is 0.338 e. The number of methoxy groups -OCH3 is 2. The first-order valence-corrected chi connectivity index (χ1v) is 8.57. The quantitative estimate of drug-likeness (QED) is 0.702. The van der Waals surface area contributed by atoms with E-state index >= 15 is 0 Å². The van der Waals surface area contributed by atoms with Gasteiger partial charge in [-0.25, -0.2) is 4.79 Å². The van der Waals surface area contributed by atoms with Gasteiger partial charge in [-0.05, 0) is 25.1 Å². The second-order valence-corrected chi connectivity index (χ2v) is 6.22. The van der Waals surface area contributed by atoms with Gasteiger partial charge in [-0.15, -0.1) is 0 Å². The van der Waals surface area contributed by atoms with Gasteiger partial charge in [0.25, 0.3) is 0 Å². The smallest absolute Gasteiger partial charge is 0.338 e. The van der Waals surface area contributed by atoms with Gasteiger partial charge in [-0.2, -0.15) is 5.26 Å². The Bertz CT molecular complexity index is 810. The number of ether oxygens (including phenoxy) is 4. The number of carbonyl (C=O) groups is 1. The fourth-order valence-corrected chi connectivity index (χ4v) is 3.11. The largest absolute Gasteiger partial charge is 0.496 e. The molecule has 0 spiro atoms. The summed E-state index contributed by atoms with van der Waals surface area (Å²) in [5.74, 6) is -0.787. The summed E-state index contributed by atoms with van der Waals surface area (Å²) < 4.78 is 22.0. The second kappa shape index (κ2) is 8.74. The van der Waals surface area contributed by atoms with Crippen molar-refractivity contribution in [3.8, 4) is 11.8 Å². The second-order valence-electron chi connectivity index (χ2n) is 5.30. The fourth-order valence-electron chi connectivity index (χ4n) is 2.73. The molecule has 0 bridgehead atoms.